The highest BCUT2D eigenvalue weighted by Crippen LogP contribution is 2.24. The van der Waals surface area contributed by atoms with Crippen LogP contribution in [-0.2, 0) is 11.3 Å². The molecule has 30 heavy (non-hydrogen) atoms. The number of imidazole rings is 1. The number of fused-ring (bicyclic) bond motifs is 1. The Bertz CT molecular complexity index is 999. The van der Waals surface area contributed by atoms with Crippen molar-refractivity contribution < 1.29 is 22.8 Å². The minimum Gasteiger partial charge on any atom is -0.379 e. The predicted molar refractivity (Wildman–Crippen MR) is 102 cm³/mol. The summed E-state index contributed by atoms with van der Waals surface area (Å²) in [5.74, 6) is -0.937. The standard InChI is InChI=1S/C19H22F2N6O3/c20-16(21)17-23-13-4-1-2-5-14(13)27(17)12-15-24-19(30-25-15)18(28)22-6-3-7-26-8-10-29-11-9-26/h1-2,4-5,16H,3,6-12H2,(H,22,28). The average molecular weight is 420 g/mol. The zero-order valence-corrected chi connectivity index (χ0v) is 16.3. The van der Waals surface area contributed by atoms with Crippen molar-refractivity contribution in [2.45, 2.75) is 19.4 Å². The molecular formula is C19H22F2N6O3. The minimum atomic E-state index is -2.75. The first-order valence-corrected chi connectivity index (χ1v) is 9.76. The van der Waals surface area contributed by atoms with E-state index < -0.39 is 12.3 Å². The Kier molecular flexibility index (Phi) is 6.29. The molecule has 1 aromatic carbocycles. The summed E-state index contributed by atoms with van der Waals surface area (Å²) in [6.07, 6.45) is -1.97. The van der Waals surface area contributed by atoms with Crippen LogP contribution in [0, 0.1) is 0 Å². The molecule has 1 N–H and O–H groups in total. The average Bonchev–Trinajstić information content (AvgIpc) is 3.37. The summed E-state index contributed by atoms with van der Waals surface area (Å²) in [5.41, 5.74) is 0.987. The van der Waals surface area contributed by atoms with Crippen molar-refractivity contribution >= 4 is 16.9 Å². The monoisotopic (exact) mass is 420 g/mol. The van der Waals surface area contributed by atoms with Gasteiger partial charge in [0, 0.05) is 19.6 Å². The van der Waals surface area contributed by atoms with Crippen LogP contribution in [0.25, 0.3) is 11.0 Å². The molecule has 0 saturated carbocycles. The lowest BCUT2D eigenvalue weighted by molar-refractivity contribution is 0.0374. The SMILES string of the molecule is O=C(NCCCN1CCOCC1)c1nc(Cn2c(C(F)F)nc3ccccc32)no1. The lowest BCUT2D eigenvalue weighted by atomic mass is 10.3. The zero-order valence-electron chi connectivity index (χ0n) is 16.3. The molecule has 1 saturated heterocycles. The van der Waals surface area contributed by atoms with E-state index in [2.05, 4.69) is 25.3 Å². The van der Waals surface area contributed by atoms with Crippen LogP contribution in [-0.4, -0.2) is 69.9 Å². The van der Waals surface area contributed by atoms with Gasteiger partial charge in [-0.05, 0) is 25.1 Å². The molecule has 1 aliphatic rings. The number of hydrogen-bond acceptors (Lipinski definition) is 7. The first-order chi connectivity index (χ1) is 14.6. The van der Waals surface area contributed by atoms with Gasteiger partial charge in [-0.1, -0.05) is 17.3 Å². The highest BCUT2D eigenvalue weighted by molar-refractivity contribution is 5.89. The van der Waals surface area contributed by atoms with Gasteiger partial charge in [0.05, 0.1) is 30.8 Å². The maximum atomic E-state index is 13.4. The molecule has 160 valence electrons. The smallest absolute Gasteiger partial charge is 0.316 e. The second-order valence-electron chi connectivity index (χ2n) is 6.92. The fourth-order valence-corrected chi connectivity index (χ4v) is 3.38. The topological polar surface area (TPSA) is 98.3 Å². The summed E-state index contributed by atoms with van der Waals surface area (Å²) in [4.78, 5) is 22.5. The molecule has 0 radical (unpaired) electrons. The summed E-state index contributed by atoms with van der Waals surface area (Å²) < 4.78 is 38.4. The van der Waals surface area contributed by atoms with E-state index in [0.29, 0.717) is 17.6 Å². The normalized spacial score (nSPS) is 15.2. The lowest BCUT2D eigenvalue weighted by Crippen LogP contribution is -2.38. The van der Waals surface area contributed by atoms with Crippen LogP contribution in [0.5, 0.6) is 0 Å². The Morgan fingerprint density at radius 1 is 1.20 bits per heavy atom. The van der Waals surface area contributed by atoms with Gasteiger partial charge in [-0.15, -0.1) is 0 Å². The number of aromatic nitrogens is 4. The van der Waals surface area contributed by atoms with Crippen LogP contribution < -0.4 is 5.32 Å². The van der Waals surface area contributed by atoms with Gasteiger partial charge in [0.25, 0.3) is 6.43 Å². The van der Waals surface area contributed by atoms with Gasteiger partial charge < -0.3 is 19.1 Å². The highest BCUT2D eigenvalue weighted by Gasteiger charge is 2.21. The van der Waals surface area contributed by atoms with Crippen molar-refractivity contribution in [2.75, 3.05) is 39.4 Å². The quantitative estimate of drug-likeness (QED) is 0.556. The van der Waals surface area contributed by atoms with Gasteiger partial charge >= 0.3 is 11.8 Å². The molecule has 1 aliphatic heterocycles. The number of carbonyl (C=O) groups is 1. The van der Waals surface area contributed by atoms with Crippen LogP contribution in [0.1, 0.15) is 35.2 Å². The number of nitrogens with one attached hydrogen (secondary N) is 1. The number of ether oxygens (including phenoxy) is 1. The molecular weight excluding hydrogens is 398 g/mol. The van der Waals surface area contributed by atoms with Crippen LogP contribution in [0.3, 0.4) is 0 Å². The summed E-state index contributed by atoms with van der Waals surface area (Å²) >= 11 is 0. The van der Waals surface area contributed by atoms with Gasteiger partial charge in [-0.3, -0.25) is 9.69 Å². The number of para-hydroxylation sites is 2. The predicted octanol–water partition coefficient (Wildman–Crippen LogP) is 1.86. The van der Waals surface area contributed by atoms with Crippen molar-refractivity contribution in [3.63, 3.8) is 0 Å². The molecule has 0 aliphatic carbocycles. The van der Waals surface area contributed by atoms with Gasteiger partial charge in [0.15, 0.2) is 11.6 Å². The maximum absolute atomic E-state index is 13.4. The summed E-state index contributed by atoms with van der Waals surface area (Å²) in [6.45, 7) is 4.51. The second kappa shape index (κ2) is 9.26. The van der Waals surface area contributed by atoms with E-state index >= 15 is 0 Å². The van der Waals surface area contributed by atoms with E-state index in [9.17, 15) is 13.6 Å². The summed E-state index contributed by atoms with van der Waals surface area (Å²) in [7, 11) is 0. The molecule has 0 bridgehead atoms. The lowest BCUT2D eigenvalue weighted by Gasteiger charge is -2.26. The van der Waals surface area contributed by atoms with E-state index in [1.807, 2.05) is 0 Å². The van der Waals surface area contributed by atoms with Crippen molar-refractivity contribution in [1.29, 1.82) is 0 Å². The van der Waals surface area contributed by atoms with Gasteiger partial charge in [-0.25, -0.2) is 13.8 Å². The number of halogens is 2. The number of benzene rings is 1. The number of morpholine rings is 1. The van der Waals surface area contributed by atoms with E-state index in [4.69, 9.17) is 9.26 Å². The molecule has 0 unspecified atom stereocenters. The Morgan fingerprint density at radius 2 is 2.00 bits per heavy atom. The van der Waals surface area contributed by atoms with Gasteiger partial charge in [-0.2, -0.15) is 4.98 Å². The Morgan fingerprint density at radius 3 is 2.80 bits per heavy atom. The molecule has 2 aromatic heterocycles. The Labute approximate surface area is 171 Å². The molecule has 3 heterocycles. The van der Waals surface area contributed by atoms with Crippen LogP contribution in [0.2, 0.25) is 0 Å². The molecule has 3 aromatic rings. The molecule has 0 atom stereocenters. The number of rotatable bonds is 8. The van der Waals surface area contributed by atoms with E-state index in [1.165, 1.54) is 4.57 Å². The molecule has 0 spiro atoms. The van der Waals surface area contributed by atoms with Crippen molar-refractivity contribution in [3.05, 3.63) is 41.8 Å². The number of nitrogens with zero attached hydrogens (tertiary/aromatic N) is 5. The first-order valence-electron chi connectivity index (χ1n) is 9.76. The molecule has 1 fully saturated rings. The minimum absolute atomic E-state index is 0.0754. The maximum Gasteiger partial charge on any atom is 0.316 e. The number of hydrogen-bond donors (Lipinski definition) is 1. The molecule has 1 amide bonds. The van der Waals surface area contributed by atoms with E-state index in [0.717, 1.165) is 39.3 Å². The van der Waals surface area contributed by atoms with Crippen LogP contribution >= 0.6 is 0 Å². The zero-order chi connectivity index (χ0) is 20.9. The third kappa shape index (κ3) is 4.62. The summed E-state index contributed by atoms with van der Waals surface area (Å²) in [6, 6.07) is 6.81. The molecule has 9 nitrogen and oxygen atoms in total. The van der Waals surface area contributed by atoms with Crippen molar-refractivity contribution in [3.8, 4) is 0 Å². The first kappa shape index (κ1) is 20.4. The third-order valence-corrected chi connectivity index (χ3v) is 4.88. The number of alkyl halides is 2. The van der Waals surface area contributed by atoms with Gasteiger partial charge in [0.1, 0.15) is 0 Å². The summed E-state index contributed by atoms with van der Waals surface area (Å²) in [5, 5.41) is 6.50. The molecule has 11 heteroatoms. The van der Waals surface area contributed by atoms with Gasteiger partial charge in [0.2, 0.25) is 0 Å². The third-order valence-electron chi connectivity index (χ3n) is 4.88. The van der Waals surface area contributed by atoms with Crippen molar-refractivity contribution in [1.82, 2.24) is 29.9 Å². The Balaban J connectivity index is 1.35. The Hall–Kier alpha value is -2.92. The number of carbonyl (C=O) groups excluding carboxylic acids is 1. The van der Waals surface area contributed by atoms with Crippen LogP contribution in [0.15, 0.2) is 28.8 Å². The van der Waals surface area contributed by atoms with E-state index in [1.54, 1.807) is 24.3 Å². The second-order valence-corrected chi connectivity index (χ2v) is 6.92. The fraction of sp³-hybridized carbons (Fsp3) is 0.474. The fourth-order valence-electron chi connectivity index (χ4n) is 3.38. The van der Waals surface area contributed by atoms with Crippen LogP contribution in [0.4, 0.5) is 8.78 Å². The van der Waals surface area contributed by atoms with Crippen molar-refractivity contribution in [2.24, 2.45) is 0 Å². The largest absolute Gasteiger partial charge is 0.379 e. The number of amides is 1. The highest BCUT2D eigenvalue weighted by atomic mass is 19.3. The van der Waals surface area contributed by atoms with E-state index in [-0.39, 0.29) is 24.1 Å². The molecule has 4 rings (SSSR count).